The molecule has 35 heavy (non-hydrogen) atoms. The van der Waals surface area contributed by atoms with Crippen molar-refractivity contribution in [2.45, 2.75) is 122 Å². The first-order valence-corrected chi connectivity index (χ1v) is 13.8. The zero-order valence-electron chi connectivity index (χ0n) is 22.3. The first-order chi connectivity index (χ1) is 16.8. The van der Waals surface area contributed by atoms with E-state index in [-0.39, 0.29) is 36.4 Å². The highest BCUT2D eigenvalue weighted by atomic mass is 16.5. The molecule has 0 radical (unpaired) electrons. The zero-order chi connectivity index (χ0) is 25.6. The van der Waals surface area contributed by atoms with Gasteiger partial charge in [0.15, 0.2) is 0 Å². The van der Waals surface area contributed by atoms with Gasteiger partial charge in [-0.3, -0.25) is 14.4 Å². The topological polar surface area (TPSA) is 103 Å². The third kappa shape index (κ3) is 11.3. The molecule has 2 atom stereocenters. The van der Waals surface area contributed by atoms with Crippen molar-refractivity contribution in [3.63, 3.8) is 0 Å². The average Bonchev–Trinajstić information content (AvgIpc) is 2.81. The molecule has 0 aromatic carbocycles. The van der Waals surface area contributed by atoms with Gasteiger partial charge in [-0.25, -0.2) is 0 Å². The Hall–Kier alpha value is -1.67. The summed E-state index contributed by atoms with van der Waals surface area (Å²) in [4.78, 5) is 36.0. The van der Waals surface area contributed by atoms with Crippen molar-refractivity contribution >= 4 is 17.9 Å². The molecule has 8 nitrogen and oxygen atoms in total. The number of carbonyl (C=O) groups excluding carboxylic acids is 3. The predicted octanol–water partition coefficient (Wildman–Crippen LogP) is 3.90. The summed E-state index contributed by atoms with van der Waals surface area (Å²) in [6, 6.07) is 0.246. The molecule has 0 bridgehead atoms. The van der Waals surface area contributed by atoms with Gasteiger partial charge in [-0.1, -0.05) is 0 Å². The summed E-state index contributed by atoms with van der Waals surface area (Å²) >= 11 is 0. The highest BCUT2D eigenvalue weighted by Gasteiger charge is 2.31. The standard InChI is InChI=1S/C27H48N2O6/c1-5-33-25(30)16-19(4)28-22-12-8-20(9-13-22)17-21-10-14-23(15-11-21)29-24(27(32)35-7-3)18-26(31)34-6-2/h19-24,28-29H,5-18H2,1-4H3. The Morgan fingerprint density at radius 3 is 1.63 bits per heavy atom. The van der Waals surface area contributed by atoms with Crippen LogP contribution in [-0.2, 0) is 28.6 Å². The molecule has 0 aromatic heterocycles. The maximum Gasteiger partial charge on any atom is 0.323 e. The Morgan fingerprint density at radius 1 is 0.686 bits per heavy atom. The summed E-state index contributed by atoms with van der Waals surface area (Å²) < 4.78 is 15.3. The SMILES string of the molecule is CCOC(=O)CC(C)NC1CCC(CC2CCC(NC(CC(=O)OCC)C(=O)OCC)CC2)CC1. The van der Waals surface area contributed by atoms with E-state index in [1.807, 2.05) is 6.92 Å². The van der Waals surface area contributed by atoms with E-state index in [4.69, 9.17) is 14.2 Å². The van der Waals surface area contributed by atoms with Gasteiger partial charge >= 0.3 is 17.9 Å². The monoisotopic (exact) mass is 496 g/mol. The lowest BCUT2D eigenvalue weighted by Gasteiger charge is -2.36. The van der Waals surface area contributed by atoms with Crippen LogP contribution in [0, 0.1) is 11.8 Å². The fourth-order valence-corrected chi connectivity index (χ4v) is 5.66. The number of ether oxygens (including phenoxy) is 3. The van der Waals surface area contributed by atoms with Gasteiger partial charge in [0, 0.05) is 18.1 Å². The van der Waals surface area contributed by atoms with E-state index in [0.29, 0.717) is 32.3 Å². The second-order valence-corrected chi connectivity index (χ2v) is 10.2. The molecule has 2 rings (SSSR count). The first-order valence-electron chi connectivity index (χ1n) is 13.8. The first kappa shape index (κ1) is 29.6. The molecule has 2 aliphatic carbocycles. The summed E-state index contributed by atoms with van der Waals surface area (Å²) in [7, 11) is 0. The molecule has 0 amide bonds. The molecule has 0 heterocycles. The van der Waals surface area contributed by atoms with Crippen LogP contribution in [0.25, 0.3) is 0 Å². The summed E-state index contributed by atoms with van der Waals surface area (Å²) in [6.07, 6.45) is 10.9. The molecule has 8 heteroatoms. The van der Waals surface area contributed by atoms with Gasteiger partial charge in [-0.05, 0) is 97.3 Å². The van der Waals surface area contributed by atoms with Gasteiger partial charge in [-0.2, -0.15) is 0 Å². The third-order valence-electron chi connectivity index (χ3n) is 7.34. The Morgan fingerprint density at radius 2 is 1.14 bits per heavy atom. The van der Waals surface area contributed by atoms with Gasteiger partial charge in [0.2, 0.25) is 0 Å². The quantitative estimate of drug-likeness (QED) is 0.276. The van der Waals surface area contributed by atoms with Gasteiger partial charge < -0.3 is 24.8 Å². The lowest BCUT2D eigenvalue weighted by Crippen LogP contribution is -2.47. The van der Waals surface area contributed by atoms with Crippen LogP contribution in [0.2, 0.25) is 0 Å². The lowest BCUT2D eigenvalue weighted by atomic mass is 9.75. The molecule has 0 aliphatic heterocycles. The number of nitrogens with one attached hydrogen (secondary N) is 2. The van der Waals surface area contributed by atoms with Crippen molar-refractivity contribution in [2.24, 2.45) is 11.8 Å². The van der Waals surface area contributed by atoms with Crippen LogP contribution in [0.15, 0.2) is 0 Å². The van der Waals surface area contributed by atoms with Crippen molar-refractivity contribution in [1.82, 2.24) is 10.6 Å². The highest BCUT2D eigenvalue weighted by Crippen LogP contribution is 2.35. The van der Waals surface area contributed by atoms with Gasteiger partial charge in [0.1, 0.15) is 6.04 Å². The summed E-state index contributed by atoms with van der Waals surface area (Å²) in [6.45, 7) is 8.49. The van der Waals surface area contributed by atoms with Crippen LogP contribution in [0.3, 0.4) is 0 Å². The van der Waals surface area contributed by atoms with Crippen molar-refractivity contribution in [3.05, 3.63) is 0 Å². The molecule has 0 saturated heterocycles. The Labute approximate surface area is 211 Å². The lowest BCUT2D eigenvalue weighted by molar-refractivity contribution is -0.152. The molecule has 2 saturated carbocycles. The van der Waals surface area contributed by atoms with Crippen molar-refractivity contribution < 1.29 is 28.6 Å². The minimum atomic E-state index is -0.635. The fourth-order valence-electron chi connectivity index (χ4n) is 5.66. The second kappa shape index (κ2) is 16.1. The van der Waals surface area contributed by atoms with Crippen molar-refractivity contribution in [1.29, 1.82) is 0 Å². The molecule has 2 aliphatic rings. The minimum absolute atomic E-state index is 0.0162. The fraction of sp³-hybridized carbons (Fsp3) is 0.889. The number of hydrogen-bond acceptors (Lipinski definition) is 8. The maximum atomic E-state index is 12.3. The van der Waals surface area contributed by atoms with E-state index in [1.165, 1.54) is 32.1 Å². The maximum absolute atomic E-state index is 12.3. The molecule has 202 valence electrons. The Balaban J connectivity index is 1.68. The molecule has 2 unspecified atom stereocenters. The second-order valence-electron chi connectivity index (χ2n) is 10.2. The van der Waals surface area contributed by atoms with Crippen molar-refractivity contribution in [2.75, 3.05) is 19.8 Å². The van der Waals surface area contributed by atoms with E-state index in [0.717, 1.165) is 37.5 Å². The molecule has 2 N–H and O–H groups in total. The number of carbonyl (C=O) groups is 3. The normalized spacial score (nSPS) is 26.4. The number of esters is 3. The van der Waals surface area contributed by atoms with Crippen LogP contribution < -0.4 is 10.6 Å². The summed E-state index contributed by atoms with van der Waals surface area (Å²) in [5.74, 6) is 0.646. The summed E-state index contributed by atoms with van der Waals surface area (Å²) in [5.41, 5.74) is 0. The zero-order valence-corrected chi connectivity index (χ0v) is 22.3. The van der Waals surface area contributed by atoms with E-state index in [2.05, 4.69) is 17.6 Å². The molecule has 0 spiro atoms. The molecule has 2 fully saturated rings. The predicted molar refractivity (Wildman–Crippen MR) is 135 cm³/mol. The Bertz CT molecular complexity index is 642. The van der Waals surface area contributed by atoms with Gasteiger partial charge in [0.05, 0.1) is 32.7 Å². The van der Waals surface area contributed by atoms with Crippen molar-refractivity contribution in [3.8, 4) is 0 Å². The van der Waals surface area contributed by atoms with E-state index in [1.54, 1.807) is 13.8 Å². The highest BCUT2D eigenvalue weighted by molar-refractivity contribution is 5.82. The largest absolute Gasteiger partial charge is 0.466 e. The molecular weight excluding hydrogens is 448 g/mol. The average molecular weight is 497 g/mol. The summed E-state index contributed by atoms with van der Waals surface area (Å²) in [5, 5.41) is 7.00. The van der Waals surface area contributed by atoms with Crippen LogP contribution >= 0.6 is 0 Å². The van der Waals surface area contributed by atoms with Gasteiger partial charge in [0.25, 0.3) is 0 Å². The number of hydrogen-bond donors (Lipinski definition) is 2. The number of rotatable bonds is 14. The van der Waals surface area contributed by atoms with Gasteiger partial charge in [-0.15, -0.1) is 0 Å². The Kier molecular flexibility index (Phi) is 13.6. The third-order valence-corrected chi connectivity index (χ3v) is 7.34. The van der Waals surface area contributed by atoms with Crippen LogP contribution in [0.4, 0.5) is 0 Å². The molecule has 0 aromatic rings. The van der Waals surface area contributed by atoms with E-state index in [9.17, 15) is 14.4 Å². The van der Waals surface area contributed by atoms with Crippen LogP contribution in [-0.4, -0.2) is 61.9 Å². The minimum Gasteiger partial charge on any atom is -0.466 e. The van der Waals surface area contributed by atoms with E-state index >= 15 is 0 Å². The van der Waals surface area contributed by atoms with E-state index < -0.39 is 6.04 Å². The van der Waals surface area contributed by atoms with Crippen LogP contribution in [0.1, 0.15) is 98.3 Å². The molecular formula is C27H48N2O6. The van der Waals surface area contributed by atoms with Crippen LogP contribution in [0.5, 0.6) is 0 Å². The smallest absolute Gasteiger partial charge is 0.323 e.